The van der Waals surface area contributed by atoms with E-state index in [0.717, 1.165) is 24.5 Å². The second-order valence-corrected chi connectivity index (χ2v) is 6.88. The van der Waals surface area contributed by atoms with Crippen molar-refractivity contribution in [3.63, 3.8) is 0 Å². The summed E-state index contributed by atoms with van der Waals surface area (Å²) in [5.41, 5.74) is 1.37. The van der Waals surface area contributed by atoms with E-state index in [1.807, 2.05) is 12.1 Å². The first-order valence-electron chi connectivity index (χ1n) is 7.83. The van der Waals surface area contributed by atoms with E-state index in [9.17, 15) is 0 Å². The molecule has 0 fully saturated rings. The molecule has 2 N–H and O–H groups in total. The highest BCUT2D eigenvalue weighted by Gasteiger charge is 2.02. The average Bonchev–Trinajstić information content (AvgIpc) is 2.92. The van der Waals surface area contributed by atoms with Gasteiger partial charge in [0, 0.05) is 5.02 Å². The van der Waals surface area contributed by atoms with Gasteiger partial charge in [-0.15, -0.1) is 0 Å². The molecule has 1 aromatic heterocycles. The predicted molar refractivity (Wildman–Crippen MR) is 91.4 cm³/mol. The van der Waals surface area contributed by atoms with E-state index in [1.54, 1.807) is 0 Å². The second kappa shape index (κ2) is 10.6. The summed E-state index contributed by atoms with van der Waals surface area (Å²) in [6.07, 6.45) is 11.3. The van der Waals surface area contributed by atoms with Crippen LogP contribution < -0.4 is 9.46 Å². The van der Waals surface area contributed by atoms with E-state index in [4.69, 9.17) is 30.8 Å². The van der Waals surface area contributed by atoms with Crippen molar-refractivity contribution in [2.75, 3.05) is 0 Å². The number of aryl methyl sites for hydroxylation is 3. The first-order valence-corrected chi connectivity index (χ1v) is 9.74. The Bertz CT molecular complexity index is 632. The Morgan fingerprint density at radius 1 is 1.25 bits per heavy atom. The van der Waals surface area contributed by atoms with Crippen LogP contribution >= 0.6 is 19.4 Å². The van der Waals surface area contributed by atoms with Crippen molar-refractivity contribution in [3.8, 4) is 0 Å². The van der Waals surface area contributed by atoms with Gasteiger partial charge in [-0.2, -0.15) is 0 Å². The average molecular weight is 375 g/mol. The fraction of sp³-hybridized carbons (Fsp3) is 0.438. The number of benzene rings is 1. The summed E-state index contributed by atoms with van der Waals surface area (Å²) < 4.78 is 13.3. The zero-order chi connectivity index (χ0) is 18.0. The molecule has 0 radical (unpaired) electrons. The lowest BCUT2D eigenvalue weighted by atomic mass is 10.1. The molecule has 8 heteroatoms. The van der Waals surface area contributed by atoms with Crippen LogP contribution in [0.15, 0.2) is 43.0 Å². The first kappa shape index (κ1) is 20.9. The zero-order valence-electron chi connectivity index (χ0n) is 13.7. The Labute approximate surface area is 147 Å². The monoisotopic (exact) mass is 374 g/mol. The molecule has 24 heavy (non-hydrogen) atoms. The van der Waals surface area contributed by atoms with Crippen molar-refractivity contribution >= 4 is 19.4 Å². The molecule has 0 amide bonds. The third-order valence-electron chi connectivity index (χ3n) is 3.27. The number of unbranched alkanes of at least 4 members (excludes halogenated alkanes) is 1. The Kier molecular flexibility index (Phi) is 9.26. The van der Waals surface area contributed by atoms with Gasteiger partial charge in [0.2, 0.25) is 6.33 Å². The van der Waals surface area contributed by atoms with Crippen LogP contribution in [0.3, 0.4) is 0 Å². The quantitative estimate of drug-likeness (QED) is 0.442. The Hall–Kier alpha value is -1.17. The zero-order valence-corrected chi connectivity index (χ0v) is 15.4. The molecular weight excluding hydrogens is 351 g/mol. The van der Waals surface area contributed by atoms with Gasteiger partial charge in [0.05, 0.1) is 13.1 Å². The topological polar surface area (TPSA) is 89.4 Å². The molecule has 0 aliphatic carbocycles. The highest BCUT2D eigenvalue weighted by Crippen LogP contribution is 2.19. The van der Waals surface area contributed by atoms with Crippen LogP contribution in [0.1, 0.15) is 31.7 Å². The van der Waals surface area contributed by atoms with Crippen molar-refractivity contribution < 1.29 is 23.8 Å². The largest absolute Gasteiger partial charge is 0.756 e. The van der Waals surface area contributed by atoms with E-state index in [2.05, 4.69) is 46.9 Å². The Morgan fingerprint density at radius 2 is 1.88 bits per heavy atom. The van der Waals surface area contributed by atoms with Crippen molar-refractivity contribution in [2.45, 2.75) is 45.7 Å². The van der Waals surface area contributed by atoms with Crippen molar-refractivity contribution in [2.24, 2.45) is 0 Å². The van der Waals surface area contributed by atoms with Gasteiger partial charge in [0.25, 0.3) is 7.82 Å². The lowest BCUT2D eigenvalue weighted by molar-refractivity contribution is -0.696. The minimum Gasteiger partial charge on any atom is -0.756 e. The molecule has 0 aliphatic heterocycles. The first-order chi connectivity index (χ1) is 11.3. The molecule has 0 bridgehead atoms. The number of imidazole rings is 1. The highest BCUT2D eigenvalue weighted by atomic mass is 35.5. The number of halogens is 1. The number of hydrogen-bond acceptors (Lipinski definition) is 2. The molecule has 0 atom stereocenters. The molecular formula is C16H24ClN2O4P. The van der Waals surface area contributed by atoms with Gasteiger partial charge in [0.1, 0.15) is 12.4 Å². The summed E-state index contributed by atoms with van der Waals surface area (Å²) in [6, 6.07) is 8.17. The third kappa shape index (κ3) is 10.6. The second-order valence-electron chi connectivity index (χ2n) is 5.46. The van der Waals surface area contributed by atoms with Gasteiger partial charge in [-0.3, -0.25) is 4.57 Å². The Balaban J connectivity index is 0.000000505. The fourth-order valence-corrected chi connectivity index (χ4v) is 2.36. The minimum atomic E-state index is -4.89. The lowest BCUT2D eigenvalue weighted by Crippen LogP contribution is -2.30. The van der Waals surface area contributed by atoms with Crippen LogP contribution in [0.25, 0.3) is 0 Å². The van der Waals surface area contributed by atoms with Gasteiger partial charge in [-0.1, -0.05) is 30.7 Å². The van der Waals surface area contributed by atoms with Crippen LogP contribution in [0.4, 0.5) is 0 Å². The van der Waals surface area contributed by atoms with Gasteiger partial charge >= 0.3 is 0 Å². The third-order valence-corrected chi connectivity index (χ3v) is 3.53. The number of hydrogen-bond donors (Lipinski definition) is 2. The van der Waals surface area contributed by atoms with E-state index >= 15 is 0 Å². The molecule has 0 spiro atoms. The standard InChI is InChI=1S/C16H22ClN2.H3O4P/c1-2-10-18-12-13-19(14-18)11-4-3-5-15-6-8-16(17)9-7-15;1-5(2,3)4/h6-9,12-14H,2-5,10-11H2,1H3;(H3,1,2,3,4)/q+1;/p-1. The van der Waals surface area contributed by atoms with Gasteiger partial charge < -0.3 is 14.7 Å². The summed E-state index contributed by atoms with van der Waals surface area (Å²) in [6.45, 7) is 4.42. The predicted octanol–water partition coefficient (Wildman–Crippen LogP) is 2.30. The molecule has 2 aromatic rings. The molecule has 134 valence electrons. The van der Waals surface area contributed by atoms with Gasteiger partial charge in [-0.25, -0.2) is 9.13 Å². The van der Waals surface area contributed by atoms with E-state index in [1.165, 1.54) is 24.8 Å². The highest BCUT2D eigenvalue weighted by molar-refractivity contribution is 7.43. The van der Waals surface area contributed by atoms with Crippen LogP contribution in [0.2, 0.25) is 5.02 Å². The molecule has 2 rings (SSSR count). The molecule has 1 aromatic carbocycles. The maximum absolute atomic E-state index is 8.77. The fourth-order valence-electron chi connectivity index (χ4n) is 2.24. The summed E-state index contributed by atoms with van der Waals surface area (Å²) in [4.78, 5) is 22.9. The number of aromatic nitrogens is 2. The van der Waals surface area contributed by atoms with Crippen LogP contribution in [0.5, 0.6) is 0 Å². The summed E-state index contributed by atoms with van der Waals surface area (Å²) in [5.74, 6) is 0. The minimum absolute atomic E-state index is 0.816. The van der Waals surface area contributed by atoms with E-state index < -0.39 is 7.82 Å². The Morgan fingerprint density at radius 3 is 2.46 bits per heavy atom. The molecule has 1 heterocycles. The van der Waals surface area contributed by atoms with Crippen LogP contribution in [0, 0.1) is 0 Å². The molecule has 0 saturated heterocycles. The molecule has 0 saturated carbocycles. The smallest absolute Gasteiger partial charge is 0.262 e. The van der Waals surface area contributed by atoms with Gasteiger partial charge in [0.15, 0.2) is 0 Å². The van der Waals surface area contributed by atoms with E-state index in [-0.39, 0.29) is 0 Å². The van der Waals surface area contributed by atoms with Crippen molar-refractivity contribution in [3.05, 3.63) is 53.6 Å². The number of rotatable bonds is 7. The molecule has 0 unspecified atom stereocenters. The van der Waals surface area contributed by atoms with Gasteiger partial charge in [-0.05, 0) is 43.4 Å². The number of phosphoric acid groups is 1. The summed E-state index contributed by atoms with van der Waals surface area (Å²) >= 11 is 5.88. The van der Waals surface area contributed by atoms with Crippen LogP contribution in [-0.2, 0) is 24.1 Å². The molecule has 6 nitrogen and oxygen atoms in total. The summed E-state index contributed by atoms with van der Waals surface area (Å²) in [7, 11) is -4.89. The maximum Gasteiger partial charge on any atom is 0.262 e. The molecule has 0 aliphatic rings. The maximum atomic E-state index is 8.77. The normalized spacial score (nSPS) is 11.0. The van der Waals surface area contributed by atoms with Crippen molar-refractivity contribution in [1.29, 1.82) is 0 Å². The summed E-state index contributed by atoms with van der Waals surface area (Å²) in [5, 5.41) is 0.816. The van der Waals surface area contributed by atoms with Crippen molar-refractivity contribution in [1.82, 2.24) is 4.57 Å². The SMILES string of the molecule is CCC[n+]1ccn(CCCCc2ccc(Cl)cc2)c1.O=P([O-])(O)O. The van der Waals surface area contributed by atoms with E-state index in [0.29, 0.717) is 0 Å². The number of nitrogens with zero attached hydrogens (tertiary/aromatic N) is 2. The lowest BCUT2D eigenvalue weighted by Gasteiger charge is -2.01. The van der Waals surface area contributed by atoms with Crippen LogP contribution in [-0.4, -0.2) is 14.4 Å².